The molecule has 0 saturated carbocycles. The summed E-state index contributed by atoms with van der Waals surface area (Å²) in [6.45, 7) is 6.69. The number of ether oxygens (including phenoxy) is 3. The summed E-state index contributed by atoms with van der Waals surface area (Å²) in [5, 5.41) is 12.4. The minimum atomic E-state index is -0.524. The summed E-state index contributed by atoms with van der Waals surface area (Å²) in [5.74, 6) is 1.13. The SMILES string of the molecule is CCOc1cc(/C=C(\C#N)C(=O)Nc2cc(C)ccc2OC)ccc1OCc1cccc(C)c1. The molecule has 0 spiro atoms. The fourth-order valence-electron chi connectivity index (χ4n) is 3.39. The lowest BCUT2D eigenvalue weighted by Crippen LogP contribution is -2.14. The van der Waals surface area contributed by atoms with Crippen molar-refractivity contribution in [1.29, 1.82) is 5.26 Å². The van der Waals surface area contributed by atoms with Gasteiger partial charge in [-0.25, -0.2) is 0 Å². The van der Waals surface area contributed by atoms with Gasteiger partial charge in [-0.3, -0.25) is 4.79 Å². The molecule has 6 heteroatoms. The van der Waals surface area contributed by atoms with Crippen LogP contribution in [0.15, 0.2) is 66.2 Å². The molecular weight excluding hydrogens is 428 g/mol. The van der Waals surface area contributed by atoms with Gasteiger partial charge in [0, 0.05) is 0 Å². The molecular formula is C28H28N2O4. The average molecular weight is 457 g/mol. The molecule has 3 rings (SSSR count). The van der Waals surface area contributed by atoms with Crippen LogP contribution in [0.25, 0.3) is 6.08 Å². The second kappa shape index (κ2) is 11.6. The van der Waals surface area contributed by atoms with Crippen molar-refractivity contribution in [3.05, 3.63) is 88.5 Å². The molecule has 0 aromatic heterocycles. The fourth-order valence-corrected chi connectivity index (χ4v) is 3.39. The number of methoxy groups -OCH3 is 1. The molecule has 6 nitrogen and oxygen atoms in total. The van der Waals surface area contributed by atoms with E-state index in [9.17, 15) is 10.1 Å². The Labute approximate surface area is 200 Å². The molecule has 174 valence electrons. The van der Waals surface area contributed by atoms with Crippen LogP contribution < -0.4 is 19.5 Å². The van der Waals surface area contributed by atoms with Crippen LogP contribution in [0.1, 0.15) is 29.2 Å². The van der Waals surface area contributed by atoms with Crippen LogP contribution in [0.3, 0.4) is 0 Å². The van der Waals surface area contributed by atoms with Crippen molar-refractivity contribution in [2.75, 3.05) is 19.0 Å². The Balaban J connectivity index is 1.81. The molecule has 0 bridgehead atoms. The van der Waals surface area contributed by atoms with Gasteiger partial charge in [-0.15, -0.1) is 0 Å². The van der Waals surface area contributed by atoms with E-state index in [0.29, 0.717) is 41.7 Å². The van der Waals surface area contributed by atoms with Crippen molar-refractivity contribution in [1.82, 2.24) is 0 Å². The lowest BCUT2D eigenvalue weighted by atomic mass is 10.1. The third-order valence-corrected chi connectivity index (χ3v) is 5.02. The first-order valence-electron chi connectivity index (χ1n) is 11.0. The first-order valence-corrected chi connectivity index (χ1v) is 11.0. The van der Waals surface area contributed by atoms with Gasteiger partial charge in [0.1, 0.15) is 24.0 Å². The van der Waals surface area contributed by atoms with Crippen LogP contribution in [0, 0.1) is 25.2 Å². The summed E-state index contributed by atoms with van der Waals surface area (Å²) < 4.78 is 17.0. The van der Waals surface area contributed by atoms with Gasteiger partial charge in [-0.1, -0.05) is 42.0 Å². The number of hydrogen-bond acceptors (Lipinski definition) is 5. The highest BCUT2D eigenvalue weighted by Crippen LogP contribution is 2.31. The minimum Gasteiger partial charge on any atom is -0.495 e. The number of nitriles is 1. The van der Waals surface area contributed by atoms with Gasteiger partial charge in [-0.05, 0) is 67.8 Å². The lowest BCUT2D eigenvalue weighted by molar-refractivity contribution is -0.112. The molecule has 0 atom stereocenters. The van der Waals surface area contributed by atoms with Crippen LogP contribution in [0.5, 0.6) is 17.2 Å². The molecule has 0 fully saturated rings. The van der Waals surface area contributed by atoms with Crippen LogP contribution in [0.4, 0.5) is 5.69 Å². The Hall–Kier alpha value is -4.24. The molecule has 34 heavy (non-hydrogen) atoms. The maximum absolute atomic E-state index is 12.8. The third kappa shape index (κ3) is 6.39. The monoisotopic (exact) mass is 456 g/mol. The van der Waals surface area contributed by atoms with Crippen LogP contribution in [0.2, 0.25) is 0 Å². The normalized spacial score (nSPS) is 10.9. The predicted octanol–water partition coefficient (Wildman–Crippen LogP) is 5.84. The quantitative estimate of drug-likeness (QED) is 0.323. The number of benzene rings is 3. The average Bonchev–Trinajstić information content (AvgIpc) is 2.82. The maximum Gasteiger partial charge on any atom is 0.266 e. The van der Waals surface area contributed by atoms with E-state index < -0.39 is 5.91 Å². The second-order valence-electron chi connectivity index (χ2n) is 7.74. The molecule has 0 aliphatic carbocycles. The summed E-state index contributed by atoms with van der Waals surface area (Å²) in [4.78, 5) is 12.8. The number of carbonyl (C=O) groups excluding carboxylic acids is 1. The van der Waals surface area contributed by atoms with E-state index in [0.717, 1.165) is 16.7 Å². The standard InChI is InChI=1S/C28H28N2O4/c1-5-33-27-16-21(10-12-26(27)34-18-22-8-6-7-19(2)13-22)15-23(17-29)28(31)30-24-14-20(3)9-11-25(24)32-4/h6-16H,5,18H2,1-4H3,(H,30,31)/b23-15+. The van der Waals surface area contributed by atoms with E-state index in [1.54, 1.807) is 30.3 Å². The smallest absolute Gasteiger partial charge is 0.266 e. The summed E-state index contributed by atoms with van der Waals surface area (Å²) in [5.41, 5.74) is 4.29. The predicted molar refractivity (Wildman–Crippen MR) is 133 cm³/mol. The van der Waals surface area contributed by atoms with Gasteiger partial charge in [0.05, 0.1) is 19.4 Å². The van der Waals surface area contributed by atoms with E-state index in [2.05, 4.69) is 11.4 Å². The van der Waals surface area contributed by atoms with E-state index in [4.69, 9.17) is 14.2 Å². The van der Waals surface area contributed by atoms with E-state index in [-0.39, 0.29) is 5.57 Å². The van der Waals surface area contributed by atoms with Gasteiger partial charge in [0.15, 0.2) is 11.5 Å². The van der Waals surface area contributed by atoms with E-state index in [1.807, 2.05) is 51.1 Å². The van der Waals surface area contributed by atoms with Crippen LogP contribution >= 0.6 is 0 Å². The van der Waals surface area contributed by atoms with E-state index >= 15 is 0 Å². The highest BCUT2D eigenvalue weighted by molar-refractivity contribution is 6.10. The van der Waals surface area contributed by atoms with Gasteiger partial charge in [0.2, 0.25) is 0 Å². The highest BCUT2D eigenvalue weighted by Gasteiger charge is 2.14. The molecule has 0 radical (unpaired) electrons. The Kier molecular flexibility index (Phi) is 8.31. The third-order valence-electron chi connectivity index (χ3n) is 5.02. The van der Waals surface area contributed by atoms with Crippen molar-refractivity contribution in [3.8, 4) is 23.3 Å². The number of aryl methyl sites for hydroxylation is 2. The van der Waals surface area contributed by atoms with Crippen molar-refractivity contribution in [2.45, 2.75) is 27.4 Å². The summed E-state index contributed by atoms with van der Waals surface area (Å²) in [6, 6.07) is 20.8. The van der Waals surface area contributed by atoms with Gasteiger partial charge in [-0.2, -0.15) is 5.26 Å². The zero-order valence-electron chi connectivity index (χ0n) is 19.8. The number of nitrogens with one attached hydrogen (secondary N) is 1. The Morgan fingerprint density at radius 1 is 0.971 bits per heavy atom. The number of rotatable bonds is 9. The summed E-state index contributed by atoms with van der Waals surface area (Å²) in [6.07, 6.45) is 1.52. The molecule has 0 aliphatic heterocycles. The first kappa shape index (κ1) is 24.4. The number of carbonyl (C=O) groups is 1. The molecule has 0 heterocycles. The zero-order valence-corrected chi connectivity index (χ0v) is 19.8. The lowest BCUT2D eigenvalue weighted by Gasteiger charge is -2.13. The number of amides is 1. The second-order valence-corrected chi connectivity index (χ2v) is 7.74. The Morgan fingerprint density at radius 3 is 2.44 bits per heavy atom. The maximum atomic E-state index is 12.8. The number of nitrogens with zero attached hydrogens (tertiary/aromatic N) is 1. The fraction of sp³-hybridized carbons (Fsp3) is 0.214. The van der Waals surface area contributed by atoms with Crippen molar-refractivity contribution in [3.63, 3.8) is 0 Å². The molecule has 0 saturated heterocycles. The van der Waals surface area contributed by atoms with Crippen molar-refractivity contribution < 1.29 is 19.0 Å². The van der Waals surface area contributed by atoms with Gasteiger partial charge in [0.25, 0.3) is 5.91 Å². The molecule has 0 aliphatic rings. The number of anilines is 1. The molecule has 3 aromatic rings. The molecule has 1 amide bonds. The Bertz CT molecular complexity index is 1240. The number of hydrogen-bond donors (Lipinski definition) is 1. The molecule has 3 aromatic carbocycles. The largest absolute Gasteiger partial charge is 0.495 e. The van der Waals surface area contributed by atoms with Gasteiger partial charge < -0.3 is 19.5 Å². The summed E-state index contributed by atoms with van der Waals surface area (Å²) >= 11 is 0. The van der Waals surface area contributed by atoms with Crippen molar-refractivity contribution in [2.24, 2.45) is 0 Å². The van der Waals surface area contributed by atoms with E-state index in [1.165, 1.54) is 13.2 Å². The Morgan fingerprint density at radius 2 is 1.74 bits per heavy atom. The first-order chi connectivity index (χ1) is 16.4. The summed E-state index contributed by atoms with van der Waals surface area (Å²) in [7, 11) is 1.53. The minimum absolute atomic E-state index is 0.0422. The van der Waals surface area contributed by atoms with Crippen molar-refractivity contribution >= 4 is 17.7 Å². The molecule has 1 N–H and O–H groups in total. The van der Waals surface area contributed by atoms with Gasteiger partial charge >= 0.3 is 0 Å². The van der Waals surface area contributed by atoms with Crippen LogP contribution in [-0.2, 0) is 11.4 Å². The molecule has 0 unspecified atom stereocenters. The topological polar surface area (TPSA) is 80.6 Å². The van der Waals surface area contributed by atoms with Crippen LogP contribution in [-0.4, -0.2) is 19.6 Å². The zero-order chi connectivity index (χ0) is 24.5. The highest BCUT2D eigenvalue weighted by atomic mass is 16.5.